The molecule has 0 aromatic heterocycles. The summed E-state index contributed by atoms with van der Waals surface area (Å²) in [4.78, 5) is 12.3. The lowest BCUT2D eigenvalue weighted by molar-refractivity contribution is -0.169. The van der Waals surface area contributed by atoms with E-state index in [0.29, 0.717) is 12.3 Å². The molecule has 5 aliphatic rings. The first-order chi connectivity index (χ1) is 14.0. The lowest BCUT2D eigenvalue weighted by Gasteiger charge is -2.63. The highest BCUT2D eigenvalue weighted by atomic mass is 16.6. The number of allylic oxidation sites excluding steroid dienone is 2. The number of aliphatic hydroxyl groups excluding tert-OH is 2. The summed E-state index contributed by atoms with van der Waals surface area (Å²) in [5, 5.41) is 21.1. The van der Waals surface area contributed by atoms with Crippen LogP contribution in [0.25, 0.3) is 0 Å². The first kappa shape index (κ1) is 21.0. The summed E-state index contributed by atoms with van der Waals surface area (Å²) in [5.41, 5.74) is 2.65. The number of fused-ring (bicyclic) bond motifs is 5. The zero-order valence-electron chi connectivity index (χ0n) is 19.5. The van der Waals surface area contributed by atoms with Crippen molar-refractivity contribution in [2.45, 2.75) is 104 Å². The minimum atomic E-state index is -0.417. The molecular formula is C26H40O4. The van der Waals surface area contributed by atoms with Crippen molar-refractivity contribution in [3.63, 3.8) is 0 Å². The van der Waals surface area contributed by atoms with Crippen LogP contribution in [0.3, 0.4) is 0 Å². The third-order valence-corrected chi connectivity index (χ3v) is 11.6. The van der Waals surface area contributed by atoms with Crippen LogP contribution in [-0.4, -0.2) is 34.5 Å². The summed E-state index contributed by atoms with van der Waals surface area (Å²) >= 11 is 0. The van der Waals surface area contributed by atoms with Crippen molar-refractivity contribution >= 4 is 5.97 Å². The Labute approximate surface area is 181 Å². The van der Waals surface area contributed by atoms with Crippen molar-refractivity contribution < 1.29 is 19.7 Å². The van der Waals surface area contributed by atoms with Crippen molar-refractivity contribution in [2.24, 2.45) is 33.5 Å². The smallest absolute Gasteiger partial charge is 0.306 e. The number of ether oxygens (including phenoxy) is 1. The van der Waals surface area contributed by atoms with E-state index in [-0.39, 0.29) is 40.3 Å². The quantitative estimate of drug-likeness (QED) is 0.477. The van der Waals surface area contributed by atoms with Crippen LogP contribution in [0.15, 0.2) is 11.1 Å². The molecule has 0 bridgehead atoms. The van der Waals surface area contributed by atoms with Gasteiger partial charge in [0.1, 0.15) is 5.60 Å². The third-order valence-electron chi connectivity index (χ3n) is 11.6. The molecular weight excluding hydrogens is 376 g/mol. The van der Waals surface area contributed by atoms with Crippen LogP contribution in [0.1, 0.15) is 92.4 Å². The van der Waals surface area contributed by atoms with Crippen molar-refractivity contribution in [3.05, 3.63) is 11.1 Å². The number of esters is 1. The first-order valence-electron chi connectivity index (χ1n) is 12.2. The molecule has 0 radical (unpaired) electrons. The van der Waals surface area contributed by atoms with Gasteiger partial charge in [-0.1, -0.05) is 45.8 Å². The van der Waals surface area contributed by atoms with Crippen molar-refractivity contribution in [1.82, 2.24) is 0 Å². The Morgan fingerprint density at radius 1 is 1.00 bits per heavy atom. The topological polar surface area (TPSA) is 66.8 Å². The van der Waals surface area contributed by atoms with Gasteiger partial charge in [0.25, 0.3) is 0 Å². The van der Waals surface area contributed by atoms with Gasteiger partial charge < -0.3 is 14.9 Å². The molecule has 2 N–H and O–H groups in total. The number of carbonyl (C=O) groups is 1. The van der Waals surface area contributed by atoms with E-state index in [1.807, 2.05) is 0 Å². The number of hydrogen-bond acceptors (Lipinski definition) is 4. The molecule has 3 fully saturated rings. The summed E-state index contributed by atoms with van der Waals surface area (Å²) < 4.78 is 6.21. The van der Waals surface area contributed by atoms with Crippen LogP contribution < -0.4 is 0 Å². The summed E-state index contributed by atoms with van der Waals surface area (Å²) in [6, 6.07) is 0. The monoisotopic (exact) mass is 416 g/mol. The van der Waals surface area contributed by atoms with Gasteiger partial charge in [-0.2, -0.15) is 0 Å². The molecule has 0 unspecified atom stereocenters. The zero-order chi connectivity index (χ0) is 21.7. The van der Waals surface area contributed by atoms with Crippen LogP contribution in [0.5, 0.6) is 0 Å². The van der Waals surface area contributed by atoms with Gasteiger partial charge in [-0.05, 0) is 68.1 Å². The van der Waals surface area contributed by atoms with E-state index in [2.05, 4.69) is 34.6 Å². The van der Waals surface area contributed by atoms with Gasteiger partial charge in [-0.15, -0.1) is 0 Å². The molecule has 30 heavy (non-hydrogen) atoms. The summed E-state index contributed by atoms with van der Waals surface area (Å²) in [6.45, 7) is 11.7. The van der Waals surface area contributed by atoms with Gasteiger partial charge in [0.2, 0.25) is 0 Å². The number of rotatable bonds is 1. The molecule has 8 atom stereocenters. The van der Waals surface area contributed by atoms with Gasteiger partial charge in [0.05, 0.1) is 19.1 Å². The molecule has 0 aromatic rings. The Balaban J connectivity index is 1.61. The average Bonchev–Trinajstić information content (AvgIpc) is 3.13. The maximum atomic E-state index is 12.3. The van der Waals surface area contributed by atoms with Crippen molar-refractivity contribution in [3.8, 4) is 0 Å². The third kappa shape index (κ3) is 2.14. The normalized spacial score (nSPS) is 55.3. The molecule has 168 valence electrons. The molecule has 1 heterocycles. The Kier molecular flexibility index (Phi) is 4.29. The fourth-order valence-corrected chi connectivity index (χ4v) is 9.47. The fraction of sp³-hybridized carbons (Fsp3) is 0.885. The fourth-order valence-electron chi connectivity index (χ4n) is 9.47. The Morgan fingerprint density at radius 2 is 1.73 bits per heavy atom. The molecule has 1 spiro atoms. The van der Waals surface area contributed by atoms with Crippen LogP contribution >= 0.6 is 0 Å². The second kappa shape index (κ2) is 6.13. The highest BCUT2D eigenvalue weighted by molar-refractivity contribution is 5.73. The molecule has 0 amide bonds. The van der Waals surface area contributed by atoms with Crippen LogP contribution in [0, 0.1) is 33.5 Å². The average molecular weight is 417 g/mol. The lowest BCUT2D eigenvalue weighted by Crippen LogP contribution is -2.59. The Morgan fingerprint density at radius 3 is 2.37 bits per heavy atom. The van der Waals surface area contributed by atoms with E-state index in [4.69, 9.17) is 4.74 Å². The molecule has 5 rings (SSSR count). The molecule has 2 saturated carbocycles. The summed E-state index contributed by atoms with van der Waals surface area (Å²) in [6.07, 6.45) is 8.24. The van der Waals surface area contributed by atoms with E-state index in [1.54, 1.807) is 11.1 Å². The lowest BCUT2D eigenvalue weighted by atomic mass is 9.42. The number of aliphatic hydroxyl groups is 2. The van der Waals surface area contributed by atoms with E-state index in [0.717, 1.165) is 51.4 Å². The molecule has 4 nitrogen and oxygen atoms in total. The molecule has 0 aromatic carbocycles. The van der Waals surface area contributed by atoms with Gasteiger partial charge in [0.15, 0.2) is 0 Å². The number of hydrogen-bond donors (Lipinski definition) is 2. The summed E-state index contributed by atoms with van der Waals surface area (Å²) in [7, 11) is 0. The Hall–Kier alpha value is -0.870. The summed E-state index contributed by atoms with van der Waals surface area (Å²) in [5.74, 6) is 0.598. The predicted octanol–water partition coefficient (Wildman–Crippen LogP) is 4.77. The highest BCUT2D eigenvalue weighted by Crippen LogP contribution is 2.74. The minimum Gasteiger partial charge on any atom is -0.458 e. The van der Waals surface area contributed by atoms with Crippen molar-refractivity contribution in [1.29, 1.82) is 0 Å². The highest BCUT2D eigenvalue weighted by Gasteiger charge is 2.72. The van der Waals surface area contributed by atoms with Crippen molar-refractivity contribution in [2.75, 3.05) is 6.61 Å². The van der Waals surface area contributed by atoms with E-state index in [1.165, 1.54) is 0 Å². The van der Waals surface area contributed by atoms with E-state index in [9.17, 15) is 15.0 Å². The maximum absolute atomic E-state index is 12.3. The zero-order valence-corrected chi connectivity index (χ0v) is 19.5. The van der Waals surface area contributed by atoms with Gasteiger partial charge in [-0.25, -0.2) is 0 Å². The first-order valence-corrected chi connectivity index (χ1v) is 12.2. The largest absolute Gasteiger partial charge is 0.458 e. The van der Waals surface area contributed by atoms with Crippen LogP contribution in [0.2, 0.25) is 0 Å². The molecule has 4 heteroatoms. The Bertz CT molecular complexity index is 818. The molecule has 4 aliphatic carbocycles. The minimum absolute atomic E-state index is 0.0107. The van der Waals surface area contributed by atoms with Crippen LogP contribution in [-0.2, 0) is 9.53 Å². The van der Waals surface area contributed by atoms with Gasteiger partial charge >= 0.3 is 5.97 Å². The number of carbonyl (C=O) groups excluding carboxylic acids is 1. The standard InChI is InChI=1S/C26H40O4/c1-16-14-21(29)30-26(16)13-12-24(4)18-6-7-19-22(2,17(18)8-11-25(24,26)5)10-9-20(28)23(19,3)15-27/h16,19-20,27-28H,6-15H2,1-5H3/t16-,19-,20+,22-,23-,24+,25+,26+/m1/s1. The van der Waals surface area contributed by atoms with Gasteiger partial charge in [-0.3, -0.25) is 4.79 Å². The van der Waals surface area contributed by atoms with Gasteiger partial charge in [0, 0.05) is 16.7 Å². The second-order valence-corrected chi connectivity index (χ2v) is 12.3. The SMILES string of the molecule is C[C@@H]1CC(=O)O[C@@]12CC[C@@]1(C)C3=C(CC[C@@]12C)[C@@]1(C)CC[C@H](O)[C@](C)(CO)[C@@H]1CC3. The van der Waals surface area contributed by atoms with E-state index >= 15 is 0 Å². The molecule has 1 saturated heterocycles. The second-order valence-electron chi connectivity index (χ2n) is 12.3. The predicted molar refractivity (Wildman–Crippen MR) is 116 cm³/mol. The maximum Gasteiger partial charge on any atom is 0.306 e. The van der Waals surface area contributed by atoms with E-state index < -0.39 is 11.5 Å². The van der Waals surface area contributed by atoms with Crippen LogP contribution in [0.4, 0.5) is 0 Å². The molecule has 1 aliphatic heterocycles.